The first-order valence-corrected chi connectivity index (χ1v) is 10.8. The number of carboxylic acids is 2. The Morgan fingerprint density at radius 3 is 2.62 bits per heavy atom. The lowest BCUT2D eigenvalue weighted by atomic mass is 9.65. The maximum Gasteiger partial charge on any atom is 0.328 e. The SMILES string of the molecule is CC1(C)C[C@H]2C[C@@](C)(CN2[C@@H](C(=O)O)c2c[nH]c3ccc(NC(=O)/C=C/C(=O)O)cc23)C1. The zero-order chi connectivity index (χ0) is 23.3. The summed E-state index contributed by atoms with van der Waals surface area (Å²) in [6.45, 7) is 7.51. The van der Waals surface area contributed by atoms with Crippen LogP contribution in [0.4, 0.5) is 5.69 Å². The highest BCUT2D eigenvalue weighted by atomic mass is 16.4. The summed E-state index contributed by atoms with van der Waals surface area (Å²) < 4.78 is 0. The van der Waals surface area contributed by atoms with Gasteiger partial charge >= 0.3 is 11.9 Å². The molecule has 4 N–H and O–H groups in total. The van der Waals surface area contributed by atoms with Gasteiger partial charge in [-0.25, -0.2) is 4.79 Å². The third-order valence-corrected chi connectivity index (χ3v) is 6.67. The minimum Gasteiger partial charge on any atom is -0.480 e. The molecule has 0 unspecified atom stereocenters. The number of amides is 1. The maximum atomic E-state index is 12.5. The molecule has 32 heavy (non-hydrogen) atoms. The van der Waals surface area contributed by atoms with Crippen LogP contribution in [0.15, 0.2) is 36.5 Å². The van der Waals surface area contributed by atoms with E-state index in [0.717, 1.165) is 48.9 Å². The number of likely N-dealkylation sites (tertiary alicyclic amines) is 1. The smallest absolute Gasteiger partial charge is 0.328 e. The molecule has 1 saturated carbocycles. The van der Waals surface area contributed by atoms with Gasteiger partial charge in [-0.3, -0.25) is 14.5 Å². The van der Waals surface area contributed by atoms with Crippen molar-refractivity contribution in [2.45, 2.75) is 52.1 Å². The van der Waals surface area contributed by atoms with E-state index < -0.39 is 23.9 Å². The van der Waals surface area contributed by atoms with E-state index in [4.69, 9.17) is 5.11 Å². The lowest BCUT2D eigenvalue weighted by Crippen LogP contribution is -2.39. The molecule has 1 aliphatic carbocycles. The van der Waals surface area contributed by atoms with Gasteiger partial charge in [0.15, 0.2) is 0 Å². The zero-order valence-electron chi connectivity index (χ0n) is 18.5. The first-order valence-electron chi connectivity index (χ1n) is 10.8. The number of carbonyl (C=O) groups is 3. The molecule has 1 aromatic carbocycles. The van der Waals surface area contributed by atoms with Gasteiger partial charge in [0, 0.05) is 53.1 Å². The van der Waals surface area contributed by atoms with Gasteiger partial charge in [-0.05, 0) is 48.3 Å². The van der Waals surface area contributed by atoms with Crippen LogP contribution < -0.4 is 5.32 Å². The molecule has 2 fully saturated rings. The van der Waals surface area contributed by atoms with Gasteiger partial charge in [0.05, 0.1) is 0 Å². The van der Waals surface area contributed by atoms with Crippen LogP contribution in [0.5, 0.6) is 0 Å². The lowest BCUT2D eigenvalue weighted by Gasteiger charge is -2.40. The fourth-order valence-corrected chi connectivity index (χ4v) is 6.04. The second kappa shape index (κ2) is 7.78. The van der Waals surface area contributed by atoms with Crippen LogP contribution in [0, 0.1) is 10.8 Å². The first-order chi connectivity index (χ1) is 15.0. The van der Waals surface area contributed by atoms with E-state index in [9.17, 15) is 19.5 Å². The Labute approximate surface area is 186 Å². The molecule has 1 aromatic heterocycles. The Morgan fingerprint density at radius 1 is 1.19 bits per heavy atom. The standard InChI is InChI=1S/C24H29N3O5/c1-23(2)9-15-10-24(3,12-23)13-27(15)21(22(31)32)17-11-25-18-5-4-14(8-16(17)18)26-19(28)6-7-20(29)30/h4-8,11,15,21,25H,9-10,12-13H2,1-3H3,(H,26,28)(H,29,30)(H,31,32)/b7-6+/t15-,21+,24+/m0/s1. The van der Waals surface area contributed by atoms with Gasteiger partial charge in [0.25, 0.3) is 0 Å². The van der Waals surface area contributed by atoms with E-state index in [1.807, 2.05) is 0 Å². The molecule has 1 saturated heterocycles. The summed E-state index contributed by atoms with van der Waals surface area (Å²) in [6.07, 6.45) is 6.50. The highest BCUT2D eigenvalue weighted by molar-refractivity contribution is 6.03. The Balaban J connectivity index is 1.67. The van der Waals surface area contributed by atoms with E-state index in [0.29, 0.717) is 11.3 Å². The molecule has 1 amide bonds. The number of carbonyl (C=O) groups excluding carboxylic acids is 1. The summed E-state index contributed by atoms with van der Waals surface area (Å²) in [6, 6.07) is 4.62. The average molecular weight is 440 g/mol. The van der Waals surface area contributed by atoms with E-state index in [1.165, 1.54) is 0 Å². The largest absolute Gasteiger partial charge is 0.480 e. The fraction of sp³-hybridized carbons (Fsp3) is 0.458. The fourth-order valence-electron chi connectivity index (χ4n) is 6.04. The van der Waals surface area contributed by atoms with Crippen molar-refractivity contribution >= 4 is 34.4 Å². The molecule has 170 valence electrons. The zero-order valence-corrected chi connectivity index (χ0v) is 18.5. The van der Waals surface area contributed by atoms with Crippen molar-refractivity contribution in [3.63, 3.8) is 0 Å². The molecular formula is C24H29N3O5. The topological polar surface area (TPSA) is 123 Å². The third-order valence-electron chi connectivity index (χ3n) is 6.67. The van der Waals surface area contributed by atoms with Crippen molar-refractivity contribution in [1.82, 2.24) is 9.88 Å². The molecule has 1 aliphatic heterocycles. The summed E-state index contributed by atoms with van der Waals surface area (Å²) >= 11 is 0. The number of aromatic amines is 1. The number of hydrogen-bond acceptors (Lipinski definition) is 4. The van der Waals surface area contributed by atoms with E-state index >= 15 is 0 Å². The summed E-state index contributed by atoms with van der Waals surface area (Å²) in [5.41, 5.74) is 2.19. The van der Waals surface area contributed by atoms with Crippen LogP contribution >= 0.6 is 0 Å². The van der Waals surface area contributed by atoms with Gasteiger partial charge < -0.3 is 20.5 Å². The van der Waals surface area contributed by atoms with Crippen LogP contribution in [0.1, 0.15) is 51.6 Å². The molecule has 2 bridgehead atoms. The quantitative estimate of drug-likeness (QED) is 0.508. The lowest BCUT2D eigenvalue weighted by molar-refractivity contribution is -0.144. The molecule has 2 heterocycles. The molecule has 3 atom stereocenters. The van der Waals surface area contributed by atoms with Gasteiger partial charge in [-0.2, -0.15) is 0 Å². The number of aliphatic carboxylic acids is 2. The first kappa shape index (κ1) is 22.1. The Bertz CT molecular complexity index is 1120. The average Bonchev–Trinajstić information content (AvgIpc) is 3.17. The molecule has 0 spiro atoms. The van der Waals surface area contributed by atoms with Crippen LogP contribution in [-0.4, -0.2) is 50.5 Å². The highest BCUT2D eigenvalue weighted by Crippen LogP contribution is 2.54. The molecular weight excluding hydrogens is 410 g/mol. The minimum atomic E-state index is -1.21. The number of H-pyrrole nitrogens is 1. The summed E-state index contributed by atoms with van der Waals surface area (Å²) in [5.74, 6) is -2.67. The Hall–Kier alpha value is -3.13. The molecule has 8 heteroatoms. The van der Waals surface area contributed by atoms with Crippen LogP contribution in [-0.2, 0) is 14.4 Å². The predicted octanol–water partition coefficient (Wildman–Crippen LogP) is 3.77. The van der Waals surface area contributed by atoms with Crippen molar-refractivity contribution in [3.05, 3.63) is 42.1 Å². The van der Waals surface area contributed by atoms with E-state index in [2.05, 4.69) is 36.0 Å². The number of fused-ring (bicyclic) bond motifs is 3. The van der Waals surface area contributed by atoms with Crippen LogP contribution in [0.25, 0.3) is 10.9 Å². The maximum absolute atomic E-state index is 12.5. The molecule has 4 rings (SSSR count). The van der Waals surface area contributed by atoms with Crippen LogP contribution in [0.2, 0.25) is 0 Å². The normalized spacial score (nSPS) is 25.8. The summed E-state index contributed by atoms with van der Waals surface area (Å²) in [7, 11) is 0. The van der Waals surface area contributed by atoms with Gasteiger partial charge in [0.2, 0.25) is 5.91 Å². The van der Waals surface area contributed by atoms with Crippen molar-refractivity contribution < 1.29 is 24.6 Å². The molecule has 2 aromatic rings. The Kier molecular flexibility index (Phi) is 5.36. The van der Waals surface area contributed by atoms with E-state index in [-0.39, 0.29) is 16.9 Å². The number of anilines is 1. The number of nitrogens with one attached hydrogen (secondary N) is 2. The predicted molar refractivity (Wildman–Crippen MR) is 120 cm³/mol. The number of nitrogens with zero attached hydrogens (tertiary/aromatic N) is 1. The summed E-state index contributed by atoms with van der Waals surface area (Å²) in [4.78, 5) is 40.4. The Morgan fingerprint density at radius 2 is 1.94 bits per heavy atom. The summed E-state index contributed by atoms with van der Waals surface area (Å²) in [5, 5.41) is 22.3. The number of aromatic nitrogens is 1. The molecule has 0 radical (unpaired) electrons. The molecule has 8 nitrogen and oxygen atoms in total. The van der Waals surface area contributed by atoms with Gasteiger partial charge in [0.1, 0.15) is 6.04 Å². The second-order valence-corrected chi connectivity index (χ2v) is 10.3. The minimum absolute atomic E-state index is 0.0990. The highest BCUT2D eigenvalue weighted by Gasteiger charge is 2.52. The second-order valence-electron chi connectivity index (χ2n) is 10.3. The van der Waals surface area contributed by atoms with Crippen molar-refractivity contribution in [2.75, 3.05) is 11.9 Å². The van der Waals surface area contributed by atoms with Crippen molar-refractivity contribution in [2.24, 2.45) is 10.8 Å². The molecule has 2 aliphatic rings. The van der Waals surface area contributed by atoms with Crippen molar-refractivity contribution in [1.29, 1.82) is 0 Å². The van der Waals surface area contributed by atoms with Crippen LogP contribution in [0.3, 0.4) is 0 Å². The number of hydrogen-bond donors (Lipinski definition) is 4. The number of rotatable bonds is 6. The number of benzene rings is 1. The third kappa shape index (κ3) is 4.27. The van der Waals surface area contributed by atoms with Crippen molar-refractivity contribution in [3.8, 4) is 0 Å². The van der Waals surface area contributed by atoms with E-state index in [1.54, 1.807) is 24.4 Å². The number of carboxylic acid groups (broad SMARTS) is 2. The van der Waals surface area contributed by atoms with Gasteiger partial charge in [-0.15, -0.1) is 0 Å². The van der Waals surface area contributed by atoms with Gasteiger partial charge in [-0.1, -0.05) is 20.8 Å². The monoisotopic (exact) mass is 439 g/mol.